The lowest BCUT2D eigenvalue weighted by atomic mass is 9.71. The minimum Gasteiger partial charge on any atom is -0.496 e. The highest BCUT2D eigenvalue weighted by Crippen LogP contribution is 2.51. The summed E-state index contributed by atoms with van der Waals surface area (Å²) in [5.74, 6) is 0.654. The molecule has 1 heterocycles. The summed E-state index contributed by atoms with van der Waals surface area (Å²) in [4.78, 5) is 26.8. The summed E-state index contributed by atoms with van der Waals surface area (Å²) in [7, 11) is 7.53. The molecule has 0 spiro atoms. The number of methoxy groups -OCH3 is 5. The van der Waals surface area contributed by atoms with Crippen molar-refractivity contribution in [2.24, 2.45) is 0 Å². The maximum absolute atomic E-state index is 13.8. The molecule has 0 bridgehead atoms. The first-order valence-electron chi connectivity index (χ1n) is 11.6. The van der Waals surface area contributed by atoms with Gasteiger partial charge in [-0.05, 0) is 31.0 Å². The molecule has 2 aromatic carbocycles. The SMILES string of the molecule is COC(=O)C1=C(C)NC2=C(C(=O)CC(c3ccccc3OC)C2)C1c1ccc(OC)c(OC)c1OC. The maximum Gasteiger partial charge on any atom is 0.336 e. The van der Waals surface area contributed by atoms with E-state index in [9.17, 15) is 9.59 Å². The molecule has 2 aromatic rings. The van der Waals surface area contributed by atoms with Crippen molar-refractivity contribution in [2.45, 2.75) is 31.6 Å². The molecule has 1 aliphatic heterocycles. The number of Topliss-reactive ketones (excluding diaryl/α,β-unsaturated/α-hetero) is 1. The third-order valence-corrected chi connectivity index (χ3v) is 6.86. The zero-order valence-corrected chi connectivity index (χ0v) is 21.4. The number of ether oxygens (including phenoxy) is 5. The van der Waals surface area contributed by atoms with Crippen molar-refractivity contribution in [3.8, 4) is 23.0 Å². The molecule has 0 fully saturated rings. The molecule has 8 nitrogen and oxygen atoms in total. The number of rotatable bonds is 7. The summed E-state index contributed by atoms with van der Waals surface area (Å²) in [6, 6.07) is 11.3. The third-order valence-electron chi connectivity index (χ3n) is 6.86. The summed E-state index contributed by atoms with van der Waals surface area (Å²) < 4.78 is 27.5. The van der Waals surface area contributed by atoms with Gasteiger partial charge in [-0.25, -0.2) is 4.79 Å². The van der Waals surface area contributed by atoms with E-state index in [1.807, 2.05) is 31.2 Å². The van der Waals surface area contributed by atoms with Crippen molar-refractivity contribution in [1.29, 1.82) is 0 Å². The van der Waals surface area contributed by atoms with Crippen LogP contribution < -0.4 is 24.3 Å². The molecule has 190 valence electrons. The number of esters is 1. The molecule has 4 rings (SSSR count). The molecule has 2 aliphatic rings. The van der Waals surface area contributed by atoms with Gasteiger partial charge in [-0.2, -0.15) is 0 Å². The summed E-state index contributed by atoms with van der Waals surface area (Å²) in [6.07, 6.45) is 0.861. The largest absolute Gasteiger partial charge is 0.496 e. The van der Waals surface area contributed by atoms with E-state index >= 15 is 0 Å². The van der Waals surface area contributed by atoms with Gasteiger partial charge in [-0.1, -0.05) is 24.3 Å². The molecule has 1 aliphatic carbocycles. The smallest absolute Gasteiger partial charge is 0.336 e. The lowest BCUT2D eigenvalue weighted by molar-refractivity contribution is -0.136. The van der Waals surface area contributed by atoms with Gasteiger partial charge in [0.2, 0.25) is 5.75 Å². The van der Waals surface area contributed by atoms with Crippen LogP contribution in [0.1, 0.15) is 42.7 Å². The van der Waals surface area contributed by atoms with Gasteiger partial charge in [0, 0.05) is 34.9 Å². The number of nitrogens with one attached hydrogen (secondary N) is 1. The predicted octanol–water partition coefficient (Wildman–Crippen LogP) is 4.26. The van der Waals surface area contributed by atoms with Crippen LogP contribution in [-0.4, -0.2) is 47.3 Å². The van der Waals surface area contributed by atoms with Crippen LogP contribution >= 0.6 is 0 Å². The second kappa shape index (κ2) is 10.4. The lowest BCUT2D eigenvalue weighted by Crippen LogP contribution is -2.36. The zero-order valence-electron chi connectivity index (χ0n) is 21.4. The number of carbonyl (C=O) groups is 2. The van der Waals surface area contributed by atoms with Crippen LogP contribution in [0.4, 0.5) is 0 Å². The molecule has 1 N–H and O–H groups in total. The topological polar surface area (TPSA) is 92.3 Å². The van der Waals surface area contributed by atoms with Crippen molar-refractivity contribution < 1.29 is 33.3 Å². The molecule has 2 atom stereocenters. The number of ketones is 1. The molecular weight excluding hydrogens is 462 g/mol. The highest BCUT2D eigenvalue weighted by atomic mass is 16.5. The Kier molecular flexibility index (Phi) is 7.24. The molecule has 0 amide bonds. The highest BCUT2D eigenvalue weighted by molar-refractivity contribution is 6.04. The van der Waals surface area contributed by atoms with Gasteiger partial charge in [0.05, 0.1) is 47.0 Å². The van der Waals surface area contributed by atoms with Crippen LogP contribution in [0.25, 0.3) is 0 Å². The van der Waals surface area contributed by atoms with E-state index in [-0.39, 0.29) is 18.1 Å². The molecule has 2 unspecified atom stereocenters. The van der Waals surface area contributed by atoms with Crippen LogP contribution in [0.2, 0.25) is 0 Å². The van der Waals surface area contributed by atoms with Crippen molar-refractivity contribution in [1.82, 2.24) is 5.32 Å². The summed E-state index contributed by atoms with van der Waals surface area (Å²) in [6.45, 7) is 1.81. The fourth-order valence-corrected chi connectivity index (χ4v) is 5.31. The molecule has 0 aromatic heterocycles. The predicted molar refractivity (Wildman–Crippen MR) is 134 cm³/mol. The van der Waals surface area contributed by atoms with E-state index in [4.69, 9.17) is 23.7 Å². The Balaban J connectivity index is 1.91. The van der Waals surface area contributed by atoms with E-state index in [1.165, 1.54) is 28.4 Å². The van der Waals surface area contributed by atoms with Crippen molar-refractivity contribution in [2.75, 3.05) is 35.5 Å². The average molecular weight is 494 g/mol. The first-order valence-corrected chi connectivity index (χ1v) is 11.6. The molecule has 0 saturated carbocycles. The van der Waals surface area contributed by atoms with Crippen LogP contribution in [-0.2, 0) is 14.3 Å². The summed E-state index contributed by atoms with van der Waals surface area (Å²) >= 11 is 0. The normalized spacial score (nSPS) is 19.3. The summed E-state index contributed by atoms with van der Waals surface area (Å²) in [5, 5.41) is 3.34. The Morgan fingerprint density at radius 1 is 0.833 bits per heavy atom. The molecule has 0 radical (unpaired) electrons. The van der Waals surface area contributed by atoms with E-state index in [2.05, 4.69) is 5.32 Å². The second-order valence-corrected chi connectivity index (χ2v) is 8.67. The van der Waals surface area contributed by atoms with Gasteiger partial charge in [-0.3, -0.25) is 4.79 Å². The Hall–Kier alpha value is -3.94. The van der Waals surface area contributed by atoms with Crippen molar-refractivity contribution in [3.05, 3.63) is 70.1 Å². The molecule has 8 heteroatoms. The van der Waals surface area contributed by atoms with Gasteiger partial charge < -0.3 is 29.0 Å². The number of hydrogen-bond donors (Lipinski definition) is 1. The Morgan fingerprint density at radius 2 is 1.53 bits per heavy atom. The zero-order chi connectivity index (χ0) is 26.0. The van der Waals surface area contributed by atoms with Crippen LogP contribution in [0.15, 0.2) is 58.9 Å². The van der Waals surface area contributed by atoms with E-state index in [1.54, 1.807) is 19.2 Å². The Bertz CT molecular complexity index is 1260. The number of carbonyl (C=O) groups excluding carboxylic acids is 2. The van der Waals surface area contributed by atoms with Gasteiger partial charge in [0.1, 0.15) is 5.75 Å². The first-order chi connectivity index (χ1) is 17.4. The second-order valence-electron chi connectivity index (χ2n) is 8.67. The number of dihydropyridines is 1. The standard InChI is InChI=1S/C28H31NO7/c1-15-23(28(31)36-6)24(18-11-12-22(33-3)27(35-5)26(18)34-4)25-19(29-15)13-16(14-20(25)30)17-9-7-8-10-21(17)32-2/h7-12,16,24,29H,13-14H2,1-6H3. The maximum atomic E-state index is 13.8. The molecular formula is C28H31NO7. The molecule has 0 saturated heterocycles. The fourth-order valence-electron chi connectivity index (χ4n) is 5.31. The van der Waals surface area contributed by atoms with Crippen LogP contribution in [0.3, 0.4) is 0 Å². The van der Waals surface area contributed by atoms with Gasteiger partial charge in [-0.15, -0.1) is 0 Å². The number of benzene rings is 2. The van der Waals surface area contributed by atoms with Crippen molar-refractivity contribution >= 4 is 11.8 Å². The Labute approximate surface area is 210 Å². The Morgan fingerprint density at radius 3 is 2.17 bits per heavy atom. The monoisotopic (exact) mass is 493 g/mol. The van der Waals surface area contributed by atoms with Gasteiger partial charge in [0.15, 0.2) is 17.3 Å². The quantitative estimate of drug-likeness (QED) is 0.572. The van der Waals surface area contributed by atoms with E-state index < -0.39 is 11.9 Å². The minimum absolute atomic E-state index is 0.0598. The van der Waals surface area contributed by atoms with Crippen LogP contribution in [0.5, 0.6) is 23.0 Å². The average Bonchev–Trinajstić information content (AvgIpc) is 2.90. The fraction of sp³-hybridized carbons (Fsp3) is 0.357. The molecule has 36 heavy (non-hydrogen) atoms. The van der Waals surface area contributed by atoms with Gasteiger partial charge >= 0.3 is 5.97 Å². The third kappa shape index (κ3) is 4.17. The van der Waals surface area contributed by atoms with E-state index in [0.29, 0.717) is 46.1 Å². The lowest BCUT2D eigenvalue weighted by Gasteiger charge is -2.37. The summed E-state index contributed by atoms with van der Waals surface area (Å²) in [5.41, 5.74) is 3.86. The highest BCUT2D eigenvalue weighted by Gasteiger charge is 2.43. The van der Waals surface area contributed by atoms with Crippen molar-refractivity contribution in [3.63, 3.8) is 0 Å². The number of hydrogen-bond acceptors (Lipinski definition) is 8. The minimum atomic E-state index is -0.699. The number of allylic oxidation sites excluding steroid dienone is 3. The number of para-hydroxylation sites is 1. The first kappa shape index (κ1) is 25.2. The van der Waals surface area contributed by atoms with E-state index in [0.717, 1.165) is 17.0 Å². The van der Waals surface area contributed by atoms with Gasteiger partial charge in [0.25, 0.3) is 0 Å². The van der Waals surface area contributed by atoms with Crippen LogP contribution in [0, 0.1) is 0 Å².